The summed E-state index contributed by atoms with van der Waals surface area (Å²) in [5.41, 5.74) is 0. The molecule has 0 bridgehead atoms. The van der Waals surface area contributed by atoms with E-state index < -0.39 is 24.4 Å². The molecule has 0 aliphatic carbocycles. The summed E-state index contributed by atoms with van der Waals surface area (Å²) >= 11 is 0. The zero-order valence-electron chi connectivity index (χ0n) is 33.1. The molecule has 0 aliphatic heterocycles. The Morgan fingerprint density at radius 1 is 0.314 bits per heavy atom. The number of carbonyl (C=O) groups excluding carboxylic acids is 4. The summed E-state index contributed by atoms with van der Waals surface area (Å²) in [6.07, 6.45) is 23.8. The molecule has 0 heterocycles. The highest BCUT2D eigenvalue weighted by Crippen LogP contribution is 2.17. The van der Waals surface area contributed by atoms with Gasteiger partial charge < -0.3 is 20.4 Å². The molecule has 4 atom stereocenters. The van der Waals surface area contributed by atoms with Gasteiger partial charge in [-0.15, -0.1) is 0 Å². The highest BCUT2D eigenvalue weighted by Gasteiger charge is 2.14. The summed E-state index contributed by atoms with van der Waals surface area (Å²) in [5.74, 6) is 0.528. The van der Waals surface area contributed by atoms with Crippen LogP contribution in [0.5, 0.6) is 0 Å². The standard InChI is InChI=1S/C43H80O8/c1-3-5-16-24-36(44)32-38(46)26-18-10-7-12-20-28-40(48)34-42(50)30-22-14-9-15-23-31-43(51)35-41(49)29-21-13-8-11-19-27-39(47)33-37(45)25-17-6-4-2/h36-37,40-41,44-45,48-49H,3-35H2,1-2H3. The van der Waals surface area contributed by atoms with Crippen molar-refractivity contribution < 1.29 is 39.6 Å². The number of hydrogen-bond donors (Lipinski definition) is 4. The number of aliphatic hydroxyl groups is 4. The molecule has 300 valence electrons. The lowest BCUT2D eigenvalue weighted by atomic mass is 9.99. The van der Waals surface area contributed by atoms with E-state index >= 15 is 0 Å². The maximum absolute atomic E-state index is 12.3. The van der Waals surface area contributed by atoms with Gasteiger partial charge in [-0.2, -0.15) is 0 Å². The molecule has 0 amide bonds. The molecule has 0 saturated carbocycles. The normalized spacial score (nSPS) is 13.9. The molecule has 0 aromatic heterocycles. The van der Waals surface area contributed by atoms with Crippen LogP contribution in [0.3, 0.4) is 0 Å². The summed E-state index contributed by atoms with van der Waals surface area (Å²) < 4.78 is 0. The van der Waals surface area contributed by atoms with Gasteiger partial charge in [-0.25, -0.2) is 0 Å². The van der Waals surface area contributed by atoms with Crippen LogP contribution in [0.2, 0.25) is 0 Å². The maximum atomic E-state index is 12.3. The number of rotatable bonds is 40. The Morgan fingerprint density at radius 3 is 0.745 bits per heavy atom. The number of Topliss-reactive ketones (excluding diaryl/α,β-unsaturated/α-hetero) is 4. The van der Waals surface area contributed by atoms with Gasteiger partial charge in [-0.1, -0.05) is 123 Å². The Labute approximate surface area is 312 Å². The van der Waals surface area contributed by atoms with Gasteiger partial charge in [0.05, 0.1) is 24.4 Å². The first-order chi connectivity index (χ1) is 24.6. The first-order valence-electron chi connectivity index (χ1n) is 21.4. The summed E-state index contributed by atoms with van der Waals surface area (Å²) in [6, 6.07) is 0. The zero-order chi connectivity index (χ0) is 38.0. The van der Waals surface area contributed by atoms with Gasteiger partial charge >= 0.3 is 0 Å². The average Bonchev–Trinajstić information content (AvgIpc) is 3.07. The molecule has 4 unspecified atom stereocenters. The Balaban J connectivity index is 3.61. The van der Waals surface area contributed by atoms with Crippen LogP contribution in [0.1, 0.15) is 226 Å². The Hall–Kier alpha value is -1.48. The van der Waals surface area contributed by atoms with E-state index in [1.54, 1.807) is 0 Å². The summed E-state index contributed by atoms with van der Waals surface area (Å²) in [5, 5.41) is 40.4. The Bertz CT molecular complexity index is 791. The van der Waals surface area contributed by atoms with Gasteiger partial charge in [0.2, 0.25) is 0 Å². The molecule has 8 nitrogen and oxygen atoms in total. The van der Waals surface area contributed by atoms with Crippen molar-refractivity contribution in [2.24, 2.45) is 0 Å². The van der Waals surface area contributed by atoms with Crippen LogP contribution in [-0.4, -0.2) is 68.0 Å². The van der Waals surface area contributed by atoms with Gasteiger partial charge in [-0.05, 0) is 51.4 Å². The molecule has 4 N–H and O–H groups in total. The fraction of sp³-hybridized carbons (Fsp3) is 0.907. The molecule has 0 spiro atoms. The van der Waals surface area contributed by atoms with Crippen molar-refractivity contribution in [3.05, 3.63) is 0 Å². The number of unbranched alkanes of at least 4 members (excludes halogenated alkanes) is 16. The maximum Gasteiger partial charge on any atom is 0.135 e. The van der Waals surface area contributed by atoms with Gasteiger partial charge in [0.1, 0.15) is 23.1 Å². The van der Waals surface area contributed by atoms with E-state index in [9.17, 15) is 39.6 Å². The van der Waals surface area contributed by atoms with Crippen LogP contribution in [0.4, 0.5) is 0 Å². The lowest BCUT2D eigenvalue weighted by Crippen LogP contribution is -2.13. The van der Waals surface area contributed by atoms with Crippen LogP contribution in [0.25, 0.3) is 0 Å². The van der Waals surface area contributed by atoms with Crippen molar-refractivity contribution in [3.63, 3.8) is 0 Å². The molecule has 0 aliphatic rings. The fourth-order valence-corrected chi connectivity index (χ4v) is 6.77. The van der Waals surface area contributed by atoms with E-state index in [1.165, 1.54) is 0 Å². The van der Waals surface area contributed by atoms with Crippen molar-refractivity contribution in [2.75, 3.05) is 0 Å². The van der Waals surface area contributed by atoms with E-state index in [0.717, 1.165) is 135 Å². The molecule has 51 heavy (non-hydrogen) atoms. The zero-order valence-corrected chi connectivity index (χ0v) is 33.1. The quantitative estimate of drug-likeness (QED) is 0.0457. The Morgan fingerprint density at radius 2 is 0.510 bits per heavy atom. The molecule has 0 aromatic carbocycles. The van der Waals surface area contributed by atoms with E-state index in [1.807, 2.05) is 0 Å². The van der Waals surface area contributed by atoms with Crippen molar-refractivity contribution in [1.82, 2.24) is 0 Å². The number of carbonyl (C=O) groups is 4. The van der Waals surface area contributed by atoms with E-state index in [4.69, 9.17) is 0 Å². The first kappa shape index (κ1) is 49.5. The molecule has 0 fully saturated rings. The summed E-state index contributed by atoms with van der Waals surface area (Å²) in [7, 11) is 0. The molecular weight excluding hydrogens is 644 g/mol. The topological polar surface area (TPSA) is 149 Å². The van der Waals surface area contributed by atoms with Crippen molar-refractivity contribution in [1.29, 1.82) is 0 Å². The molecule has 0 saturated heterocycles. The second-order valence-corrected chi connectivity index (χ2v) is 15.5. The largest absolute Gasteiger partial charge is 0.393 e. The number of hydrogen-bond acceptors (Lipinski definition) is 8. The van der Waals surface area contributed by atoms with Crippen LogP contribution >= 0.6 is 0 Å². The van der Waals surface area contributed by atoms with E-state index in [0.29, 0.717) is 51.4 Å². The van der Waals surface area contributed by atoms with Gasteiger partial charge in [0.25, 0.3) is 0 Å². The highest BCUT2D eigenvalue weighted by atomic mass is 16.3. The SMILES string of the molecule is CCCCCC(O)CC(=O)CCCCCCCC(O)CC(=O)CCCCCCCC(=O)CC(O)CCCCCCCC(=O)CC(O)CCCCC. The molecule has 0 rings (SSSR count). The predicted octanol–water partition coefficient (Wildman–Crippen LogP) is 9.62. The van der Waals surface area contributed by atoms with Crippen molar-refractivity contribution in [2.45, 2.75) is 250 Å². The first-order valence-corrected chi connectivity index (χ1v) is 21.4. The van der Waals surface area contributed by atoms with Gasteiger partial charge in [-0.3, -0.25) is 19.2 Å². The predicted molar refractivity (Wildman–Crippen MR) is 208 cm³/mol. The van der Waals surface area contributed by atoms with Gasteiger partial charge in [0.15, 0.2) is 0 Å². The molecule has 8 heteroatoms. The highest BCUT2D eigenvalue weighted by molar-refractivity contribution is 5.79. The van der Waals surface area contributed by atoms with Gasteiger partial charge in [0, 0.05) is 51.4 Å². The third-order valence-electron chi connectivity index (χ3n) is 10.0. The second-order valence-electron chi connectivity index (χ2n) is 15.5. The minimum Gasteiger partial charge on any atom is -0.393 e. The number of aliphatic hydroxyl groups excluding tert-OH is 4. The molecule has 0 aromatic rings. The third-order valence-corrected chi connectivity index (χ3v) is 10.0. The third kappa shape index (κ3) is 35.3. The summed E-state index contributed by atoms with van der Waals surface area (Å²) in [4.78, 5) is 48.5. The minimum absolute atomic E-state index is 0.112. The van der Waals surface area contributed by atoms with E-state index in [2.05, 4.69) is 13.8 Å². The monoisotopic (exact) mass is 725 g/mol. The lowest BCUT2D eigenvalue weighted by molar-refractivity contribution is -0.122. The Kier molecular flexibility index (Phi) is 34.5. The average molecular weight is 725 g/mol. The number of ketones is 4. The molecule has 0 radical (unpaired) electrons. The second kappa shape index (κ2) is 35.5. The minimum atomic E-state index is -0.581. The smallest absolute Gasteiger partial charge is 0.135 e. The van der Waals surface area contributed by atoms with Crippen molar-refractivity contribution in [3.8, 4) is 0 Å². The molecular formula is C43H80O8. The van der Waals surface area contributed by atoms with Crippen LogP contribution < -0.4 is 0 Å². The van der Waals surface area contributed by atoms with Crippen LogP contribution in [0.15, 0.2) is 0 Å². The summed E-state index contributed by atoms with van der Waals surface area (Å²) in [6.45, 7) is 4.25. The fourth-order valence-electron chi connectivity index (χ4n) is 6.77. The lowest BCUT2D eigenvalue weighted by Gasteiger charge is -2.10. The van der Waals surface area contributed by atoms with Crippen molar-refractivity contribution >= 4 is 23.1 Å². The van der Waals surface area contributed by atoms with Crippen LogP contribution in [0, 0.1) is 0 Å². The van der Waals surface area contributed by atoms with Crippen LogP contribution in [-0.2, 0) is 19.2 Å². The van der Waals surface area contributed by atoms with E-state index in [-0.39, 0.29) is 48.8 Å².